The number of aromatic nitrogens is 2. The molecule has 7 heteroatoms. The molecule has 0 aliphatic heterocycles. The largest absolute Gasteiger partial charge is 0.493 e. The quantitative estimate of drug-likeness (QED) is 0.530. The lowest BCUT2D eigenvalue weighted by molar-refractivity contribution is 0.213. The Morgan fingerprint density at radius 1 is 1.15 bits per heavy atom. The summed E-state index contributed by atoms with van der Waals surface area (Å²) in [5.74, 6) is 2.65. The molecule has 0 fully saturated rings. The Labute approximate surface area is 155 Å². The SMILES string of the molecule is CN=C(NCC(C)Cn1cccn1)NCC(C)Oc1ccccc1OC. The molecule has 2 atom stereocenters. The van der Waals surface area contributed by atoms with Gasteiger partial charge in [0.15, 0.2) is 17.5 Å². The summed E-state index contributed by atoms with van der Waals surface area (Å²) in [4.78, 5) is 4.26. The molecule has 2 rings (SSSR count). The van der Waals surface area contributed by atoms with Crippen molar-refractivity contribution in [3.63, 3.8) is 0 Å². The van der Waals surface area contributed by atoms with Gasteiger partial charge < -0.3 is 20.1 Å². The van der Waals surface area contributed by atoms with Gasteiger partial charge in [-0.1, -0.05) is 19.1 Å². The number of methoxy groups -OCH3 is 1. The smallest absolute Gasteiger partial charge is 0.191 e. The van der Waals surface area contributed by atoms with Crippen LogP contribution in [0.5, 0.6) is 11.5 Å². The maximum Gasteiger partial charge on any atom is 0.191 e. The van der Waals surface area contributed by atoms with Gasteiger partial charge in [0, 0.05) is 32.5 Å². The van der Waals surface area contributed by atoms with Crippen LogP contribution < -0.4 is 20.1 Å². The average Bonchev–Trinajstić information content (AvgIpc) is 3.15. The molecular formula is C19H29N5O2. The zero-order valence-corrected chi connectivity index (χ0v) is 16.0. The second kappa shape index (κ2) is 10.3. The van der Waals surface area contributed by atoms with Crippen molar-refractivity contribution < 1.29 is 9.47 Å². The van der Waals surface area contributed by atoms with Crippen LogP contribution in [-0.2, 0) is 6.54 Å². The van der Waals surface area contributed by atoms with E-state index in [0.29, 0.717) is 12.5 Å². The van der Waals surface area contributed by atoms with Crippen molar-refractivity contribution in [2.24, 2.45) is 10.9 Å². The Morgan fingerprint density at radius 2 is 1.88 bits per heavy atom. The van der Waals surface area contributed by atoms with Crippen LogP contribution in [0.25, 0.3) is 0 Å². The maximum atomic E-state index is 5.95. The van der Waals surface area contributed by atoms with Crippen LogP contribution in [0.1, 0.15) is 13.8 Å². The molecule has 0 aliphatic rings. The van der Waals surface area contributed by atoms with E-state index in [1.165, 1.54) is 0 Å². The van der Waals surface area contributed by atoms with Crippen LogP contribution in [0.15, 0.2) is 47.7 Å². The minimum atomic E-state index is -0.0358. The highest BCUT2D eigenvalue weighted by Gasteiger charge is 2.10. The van der Waals surface area contributed by atoms with Gasteiger partial charge in [-0.3, -0.25) is 9.67 Å². The van der Waals surface area contributed by atoms with Crippen LogP contribution in [0.3, 0.4) is 0 Å². The zero-order valence-electron chi connectivity index (χ0n) is 16.0. The standard InChI is InChI=1S/C19H29N5O2/c1-15(14-24-11-7-10-23-24)12-21-19(20-3)22-13-16(2)26-18-9-6-5-8-17(18)25-4/h5-11,15-16H,12-14H2,1-4H3,(H2,20,21,22). The molecule has 1 aromatic carbocycles. The van der Waals surface area contributed by atoms with Gasteiger partial charge in [0.2, 0.25) is 0 Å². The Bertz CT molecular complexity index is 672. The van der Waals surface area contributed by atoms with Crippen molar-refractivity contribution in [2.75, 3.05) is 27.2 Å². The van der Waals surface area contributed by atoms with Crippen LogP contribution in [0.2, 0.25) is 0 Å². The van der Waals surface area contributed by atoms with E-state index in [1.54, 1.807) is 20.4 Å². The summed E-state index contributed by atoms with van der Waals surface area (Å²) in [5, 5.41) is 10.9. The third-order valence-electron chi connectivity index (χ3n) is 3.85. The van der Waals surface area contributed by atoms with Gasteiger partial charge in [-0.15, -0.1) is 0 Å². The predicted molar refractivity (Wildman–Crippen MR) is 104 cm³/mol. The zero-order chi connectivity index (χ0) is 18.8. The minimum Gasteiger partial charge on any atom is -0.493 e. The highest BCUT2D eigenvalue weighted by Crippen LogP contribution is 2.26. The molecule has 0 saturated heterocycles. The number of benzene rings is 1. The molecule has 2 aromatic rings. The maximum absolute atomic E-state index is 5.95. The monoisotopic (exact) mass is 359 g/mol. The van der Waals surface area contributed by atoms with Crippen LogP contribution >= 0.6 is 0 Å². The Balaban J connectivity index is 1.73. The summed E-state index contributed by atoms with van der Waals surface area (Å²) in [6.07, 6.45) is 3.73. The second-order valence-electron chi connectivity index (χ2n) is 6.25. The first kappa shape index (κ1) is 19.6. The molecule has 7 nitrogen and oxygen atoms in total. The van der Waals surface area contributed by atoms with Crippen LogP contribution in [0.4, 0.5) is 0 Å². The fourth-order valence-corrected chi connectivity index (χ4v) is 2.50. The number of rotatable bonds is 9. The van der Waals surface area contributed by atoms with E-state index in [-0.39, 0.29) is 6.10 Å². The molecule has 142 valence electrons. The van der Waals surface area contributed by atoms with Crippen LogP contribution in [0, 0.1) is 5.92 Å². The fourth-order valence-electron chi connectivity index (χ4n) is 2.50. The van der Waals surface area contributed by atoms with Crippen molar-refractivity contribution in [3.8, 4) is 11.5 Å². The summed E-state index contributed by atoms with van der Waals surface area (Å²) in [5.41, 5.74) is 0. The van der Waals surface area contributed by atoms with E-state index in [1.807, 2.05) is 48.1 Å². The molecule has 0 spiro atoms. The number of ether oxygens (including phenoxy) is 2. The van der Waals surface area contributed by atoms with E-state index in [0.717, 1.165) is 30.5 Å². The molecule has 1 aromatic heterocycles. The number of guanidine groups is 1. The van der Waals surface area contributed by atoms with E-state index >= 15 is 0 Å². The number of aliphatic imine (C=N–C) groups is 1. The van der Waals surface area contributed by atoms with Gasteiger partial charge in [0.25, 0.3) is 0 Å². The molecule has 0 radical (unpaired) electrons. The number of hydrogen-bond acceptors (Lipinski definition) is 4. The van der Waals surface area contributed by atoms with Crippen molar-refractivity contribution in [1.29, 1.82) is 0 Å². The van der Waals surface area contributed by atoms with Gasteiger partial charge in [-0.25, -0.2) is 0 Å². The summed E-state index contributed by atoms with van der Waals surface area (Å²) in [6.45, 7) is 6.49. The molecular weight excluding hydrogens is 330 g/mol. The molecule has 0 aliphatic carbocycles. The Kier molecular flexibility index (Phi) is 7.79. The number of para-hydroxylation sites is 2. The number of nitrogens with one attached hydrogen (secondary N) is 2. The third-order valence-corrected chi connectivity index (χ3v) is 3.85. The van der Waals surface area contributed by atoms with Crippen molar-refractivity contribution in [2.45, 2.75) is 26.5 Å². The Hall–Kier alpha value is -2.70. The van der Waals surface area contributed by atoms with E-state index in [9.17, 15) is 0 Å². The normalized spacial score (nSPS) is 13.8. The van der Waals surface area contributed by atoms with E-state index in [4.69, 9.17) is 9.47 Å². The summed E-state index contributed by atoms with van der Waals surface area (Å²) >= 11 is 0. The third kappa shape index (κ3) is 6.31. The highest BCUT2D eigenvalue weighted by atomic mass is 16.5. The van der Waals surface area contributed by atoms with Gasteiger partial charge in [-0.2, -0.15) is 5.10 Å². The van der Waals surface area contributed by atoms with E-state index in [2.05, 4.69) is 27.6 Å². The first-order chi connectivity index (χ1) is 12.6. The molecule has 1 heterocycles. The summed E-state index contributed by atoms with van der Waals surface area (Å²) in [7, 11) is 3.40. The highest BCUT2D eigenvalue weighted by molar-refractivity contribution is 5.79. The summed E-state index contributed by atoms with van der Waals surface area (Å²) in [6, 6.07) is 9.57. The lowest BCUT2D eigenvalue weighted by atomic mass is 10.2. The van der Waals surface area contributed by atoms with Crippen molar-refractivity contribution in [1.82, 2.24) is 20.4 Å². The molecule has 0 bridgehead atoms. The van der Waals surface area contributed by atoms with Gasteiger partial charge in [-0.05, 0) is 31.0 Å². The first-order valence-electron chi connectivity index (χ1n) is 8.84. The van der Waals surface area contributed by atoms with Crippen molar-refractivity contribution in [3.05, 3.63) is 42.7 Å². The first-order valence-corrected chi connectivity index (χ1v) is 8.84. The predicted octanol–water partition coefficient (Wildman–Crippen LogP) is 2.16. The number of nitrogens with zero attached hydrogens (tertiary/aromatic N) is 3. The van der Waals surface area contributed by atoms with Gasteiger partial charge in [0.1, 0.15) is 6.10 Å². The average molecular weight is 359 g/mol. The molecule has 2 N–H and O–H groups in total. The fraction of sp³-hybridized carbons (Fsp3) is 0.474. The van der Waals surface area contributed by atoms with Crippen molar-refractivity contribution >= 4 is 5.96 Å². The second-order valence-corrected chi connectivity index (χ2v) is 6.25. The molecule has 0 amide bonds. The molecule has 26 heavy (non-hydrogen) atoms. The van der Waals surface area contributed by atoms with Gasteiger partial charge >= 0.3 is 0 Å². The van der Waals surface area contributed by atoms with E-state index < -0.39 is 0 Å². The van der Waals surface area contributed by atoms with Crippen LogP contribution in [-0.4, -0.2) is 49.1 Å². The Morgan fingerprint density at radius 3 is 2.54 bits per heavy atom. The lowest BCUT2D eigenvalue weighted by Gasteiger charge is -2.20. The lowest BCUT2D eigenvalue weighted by Crippen LogP contribution is -2.43. The topological polar surface area (TPSA) is 72.7 Å². The minimum absolute atomic E-state index is 0.0358. The molecule has 2 unspecified atom stereocenters. The molecule has 0 saturated carbocycles. The van der Waals surface area contributed by atoms with Gasteiger partial charge in [0.05, 0.1) is 13.7 Å². The number of hydrogen-bond donors (Lipinski definition) is 2. The summed E-state index contributed by atoms with van der Waals surface area (Å²) < 4.78 is 13.2.